The fraction of sp³-hybridized carbons (Fsp3) is 0.0345. The van der Waals surface area contributed by atoms with Gasteiger partial charge in [-0.25, -0.2) is 0 Å². The molecule has 1 heterocycles. The van der Waals surface area contributed by atoms with E-state index in [1.54, 1.807) is 91.0 Å². The van der Waals surface area contributed by atoms with E-state index in [1.165, 1.54) is 4.68 Å². The topological polar surface area (TPSA) is 93.1 Å². The Labute approximate surface area is 207 Å². The molecule has 0 aliphatic heterocycles. The van der Waals surface area contributed by atoms with E-state index in [4.69, 9.17) is 0 Å². The molecular formula is C29H22N4O3. The summed E-state index contributed by atoms with van der Waals surface area (Å²) in [6.45, 7) is 1.81. The fourth-order valence-electron chi connectivity index (χ4n) is 3.97. The van der Waals surface area contributed by atoms with Crippen LogP contribution in [0, 0.1) is 6.92 Å². The summed E-state index contributed by atoms with van der Waals surface area (Å²) in [6.07, 6.45) is 0. The Bertz CT molecular complexity index is 1640. The first-order valence-electron chi connectivity index (χ1n) is 11.4. The highest BCUT2D eigenvalue weighted by atomic mass is 16.2. The lowest BCUT2D eigenvalue weighted by molar-refractivity contribution is 0.101. The molecule has 0 radical (unpaired) electrons. The largest absolute Gasteiger partial charge is 0.322 e. The lowest BCUT2D eigenvalue weighted by Gasteiger charge is -2.15. The van der Waals surface area contributed by atoms with Gasteiger partial charge in [0.2, 0.25) is 0 Å². The number of amides is 2. The van der Waals surface area contributed by atoms with E-state index >= 15 is 0 Å². The Balaban J connectivity index is 1.50. The molecule has 2 N–H and O–H groups in total. The van der Waals surface area contributed by atoms with Crippen molar-refractivity contribution in [1.82, 2.24) is 9.78 Å². The third-order valence-electron chi connectivity index (χ3n) is 5.89. The number of nitrogens with zero attached hydrogens (tertiary/aromatic N) is 2. The molecule has 0 atom stereocenters. The molecule has 5 rings (SSSR count). The van der Waals surface area contributed by atoms with Crippen LogP contribution in [0.3, 0.4) is 0 Å². The number of rotatable bonds is 5. The highest BCUT2D eigenvalue weighted by Crippen LogP contribution is 2.25. The van der Waals surface area contributed by atoms with E-state index in [1.807, 2.05) is 19.1 Å². The number of nitrogens with one attached hydrogen (secondary N) is 2. The molecule has 5 aromatic rings. The first-order valence-corrected chi connectivity index (χ1v) is 11.4. The molecule has 1 aromatic heterocycles. The van der Waals surface area contributed by atoms with Gasteiger partial charge < -0.3 is 10.6 Å². The van der Waals surface area contributed by atoms with Gasteiger partial charge in [0, 0.05) is 22.3 Å². The van der Waals surface area contributed by atoms with Crippen molar-refractivity contribution in [2.24, 2.45) is 0 Å². The SMILES string of the molecule is Cc1c(NC(=O)c2ccccc2)cccc1NC(=O)c1nn(-c2ccccc2)c(=O)c2ccccc12. The molecule has 176 valence electrons. The van der Waals surface area contributed by atoms with Gasteiger partial charge in [0.05, 0.1) is 11.1 Å². The van der Waals surface area contributed by atoms with Crippen LogP contribution >= 0.6 is 0 Å². The maximum atomic E-state index is 13.5. The molecule has 0 saturated heterocycles. The van der Waals surface area contributed by atoms with E-state index < -0.39 is 5.91 Å². The predicted octanol–water partition coefficient (Wildman–Crippen LogP) is 5.20. The van der Waals surface area contributed by atoms with Gasteiger partial charge in [-0.05, 0) is 55.0 Å². The first kappa shape index (κ1) is 22.7. The summed E-state index contributed by atoms with van der Waals surface area (Å²) in [4.78, 5) is 39.2. The monoisotopic (exact) mass is 474 g/mol. The lowest BCUT2D eigenvalue weighted by atomic mass is 10.1. The summed E-state index contributed by atoms with van der Waals surface area (Å²) in [6, 6.07) is 30.0. The number of hydrogen-bond donors (Lipinski definition) is 2. The highest BCUT2D eigenvalue weighted by molar-refractivity contribution is 6.12. The van der Waals surface area contributed by atoms with E-state index in [-0.39, 0.29) is 17.2 Å². The van der Waals surface area contributed by atoms with Gasteiger partial charge in [-0.2, -0.15) is 9.78 Å². The van der Waals surface area contributed by atoms with Crippen molar-refractivity contribution in [2.75, 3.05) is 10.6 Å². The van der Waals surface area contributed by atoms with Crippen molar-refractivity contribution < 1.29 is 9.59 Å². The predicted molar refractivity (Wildman–Crippen MR) is 141 cm³/mol. The molecule has 0 spiro atoms. The van der Waals surface area contributed by atoms with Crippen molar-refractivity contribution in [3.8, 4) is 5.69 Å². The molecule has 7 heteroatoms. The molecule has 0 aliphatic carbocycles. The molecule has 2 amide bonds. The number of carbonyl (C=O) groups is 2. The standard InChI is InChI=1S/C29H22N4O3/c1-19-24(30-27(34)20-11-4-2-5-12-20)17-10-18-25(19)31-28(35)26-22-15-8-9-16-23(22)29(36)33(32-26)21-13-6-3-7-14-21/h2-18H,1H3,(H,30,34)(H,31,35). The molecule has 7 nitrogen and oxygen atoms in total. The van der Waals surface area contributed by atoms with Gasteiger partial charge >= 0.3 is 0 Å². The normalized spacial score (nSPS) is 10.7. The van der Waals surface area contributed by atoms with Crippen LogP contribution in [-0.4, -0.2) is 21.6 Å². The lowest BCUT2D eigenvalue weighted by Crippen LogP contribution is -2.26. The second kappa shape index (κ2) is 9.68. The smallest absolute Gasteiger partial charge is 0.279 e. The molecular weight excluding hydrogens is 452 g/mol. The Morgan fingerprint density at radius 2 is 1.22 bits per heavy atom. The van der Waals surface area contributed by atoms with E-state index in [0.717, 1.165) is 0 Å². The van der Waals surface area contributed by atoms with Gasteiger partial charge in [-0.15, -0.1) is 0 Å². The number of benzene rings is 4. The molecule has 0 fully saturated rings. The number of fused-ring (bicyclic) bond motifs is 1. The van der Waals surface area contributed by atoms with Gasteiger partial charge in [0.15, 0.2) is 5.69 Å². The molecule has 36 heavy (non-hydrogen) atoms. The quantitative estimate of drug-likeness (QED) is 0.366. The van der Waals surface area contributed by atoms with Gasteiger partial charge in [-0.3, -0.25) is 14.4 Å². The zero-order valence-electron chi connectivity index (χ0n) is 19.4. The van der Waals surface area contributed by atoms with Gasteiger partial charge in [0.25, 0.3) is 17.4 Å². The third kappa shape index (κ3) is 4.37. The minimum atomic E-state index is -0.467. The van der Waals surface area contributed by atoms with Crippen LogP contribution < -0.4 is 16.2 Å². The van der Waals surface area contributed by atoms with Gasteiger partial charge in [0.1, 0.15) is 0 Å². The minimum Gasteiger partial charge on any atom is -0.322 e. The summed E-state index contributed by atoms with van der Waals surface area (Å²) in [5, 5.41) is 11.1. The average molecular weight is 475 g/mol. The van der Waals surface area contributed by atoms with Crippen molar-refractivity contribution >= 4 is 34.0 Å². The summed E-state index contributed by atoms with van der Waals surface area (Å²) >= 11 is 0. The Kier molecular flexibility index (Phi) is 6.11. The summed E-state index contributed by atoms with van der Waals surface area (Å²) in [5.74, 6) is -0.713. The Morgan fingerprint density at radius 3 is 1.89 bits per heavy atom. The zero-order chi connectivity index (χ0) is 25.1. The Hall–Kier alpha value is -5.04. The van der Waals surface area contributed by atoms with Crippen LogP contribution in [0.5, 0.6) is 0 Å². The maximum Gasteiger partial charge on any atom is 0.279 e. The van der Waals surface area contributed by atoms with E-state index in [0.29, 0.717) is 39.0 Å². The summed E-state index contributed by atoms with van der Waals surface area (Å²) in [5.41, 5.74) is 2.69. The van der Waals surface area contributed by atoms with Crippen molar-refractivity contribution in [3.05, 3.63) is 130 Å². The average Bonchev–Trinajstić information content (AvgIpc) is 2.92. The van der Waals surface area contributed by atoms with Crippen LogP contribution in [-0.2, 0) is 0 Å². The summed E-state index contributed by atoms with van der Waals surface area (Å²) < 4.78 is 1.24. The van der Waals surface area contributed by atoms with Crippen LogP contribution in [0.25, 0.3) is 16.5 Å². The minimum absolute atomic E-state index is 0.118. The third-order valence-corrected chi connectivity index (χ3v) is 5.89. The van der Waals surface area contributed by atoms with Crippen molar-refractivity contribution in [1.29, 1.82) is 0 Å². The van der Waals surface area contributed by atoms with Crippen molar-refractivity contribution in [2.45, 2.75) is 6.92 Å². The van der Waals surface area contributed by atoms with Crippen LogP contribution in [0.1, 0.15) is 26.4 Å². The van der Waals surface area contributed by atoms with Crippen molar-refractivity contribution in [3.63, 3.8) is 0 Å². The molecule has 0 bridgehead atoms. The van der Waals surface area contributed by atoms with E-state index in [2.05, 4.69) is 15.7 Å². The number of carbonyl (C=O) groups excluding carboxylic acids is 2. The first-order chi connectivity index (χ1) is 17.5. The van der Waals surface area contributed by atoms with E-state index in [9.17, 15) is 14.4 Å². The number of hydrogen-bond acceptors (Lipinski definition) is 4. The molecule has 0 saturated carbocycles. The summed E-state index contributed by atoms with van der Waals surface area (Å²) in [7, 11) is 0. The van der Waals surface area contributed by atoms with Crippen LogP contribution in [0.4, 0.5) is 11.4 Å². The second-order valence-electron chi connectivity index (χ2n) is 8.20. The fourth-order valence-corrected chi connectivity index (χ4v) is 3.97. The Morgan fingerprint density at radius 1 is 0.667 bits per heavy atom. The van der Waals surface area contributed by atoms with Crippen LogP contribution in [0.15, 0.2) is 108 Å². The second-order valence-corrected chi connectivity index (χ2v) is 8.20. The molecule has 4 aromatic carbocycles. The molecule has 0 unspecified atom stereocenters. The number of para-hydroxylation sites is 1. The highest BCUT2D eigenvalue weighted by Gasteiger charge is 2.19. The number of anilines is 2. The van der Waals surface area contributed by atoms with Gasteiger partial charge in [-0.1, -0.05) is 60.7 Å². The maximum absolute atomic E-state index is 13.5. The zero-order valence-corrected chi connectivity index (χ0v) is 19.4. The van der Waals surface area contributed by atoms with Crippen LogP contribution in [0.2, 0.25) is 0 Å². The number of aromatic nitrogens is 2. The molecule has 0 aliphatic rings.